The number of rotatable bonds is 3. The molecule has 0 radical (unpaired) electrons. The molecule has 3 aromatic carbocycles. The Hall–Kier alpha value is -3.06. The van der Waals surface area contributed by atoms with E-state index in [1.54, 1.807) is 30.3 Å². The van der Waals surface area contributed by atoms with Crippen molar-refractivity contribution in [3.05, 3.63) is 59.7 Å². The highest BCUT2D eigenvalue weighted by molar-refractivity contribution is 7.93. The highest BCUT2D eigenvalue weighted by Gasteiger charge is 2.33. The zero-order valence-electron chi connectivity index (χ0n) is 15.4. The second-order valence-electron chi connectivity index (χ2n) is 7.73. The van der Waals surface area contributed by atoms with Gasteiger partial charge in [0.15, 0.2) is 0 Å². The van der Waals surface area contributed by atoms with Gasteiger partial charge in [0.1, 0.15) is 11.4 Å². The minimum absolute atomic E-state index is 0.125. The maximum atomic E-state index is 13.2. The Morgan fingerprint density at radius 3 is 2.68 bits per heavy atom. The lowest BCUT2D eigenvalue weighted by atomic mass is 10.0. The first kappa shape index (κ1) is 17.1. The highest BCUT2D eigenvalue weighted by atomic mass is 32.2. The molecule has 2 aliphatic heterocycles. The molecule has 0 spiro atoms. The first-order valence-electron chi connectivity index (χ1n) is 8.96. The van der Waals surface area contributed by atoms with Crippen LogP contribution in [0.15, 0.2) is 53.4 Å². The summed E-state index contributed by atoms with van der Waals surface area (Å²) in [6.45, 7) is 3.94. The fourth-order valence-corrected chi connectivity index (χ4v) is 5.26. The summed E-state index contributed by atoms with van der Waals surface area (Å²) in [5, 5.41) is 3.91. The average Bonchev–Trinajstić information content (AvgIpc) is 3.12. The molecule has 2 heterocycles. The van der Waals surface area contributed by atoms with Crippen LogP contribution in [-0.2, 0) is 16.4 Å². The Morgan fingerprint density at radius 2 is 1.86 bits per heavy atom. The molecule has 2 aliphatic rings. The lowest BCUT2D eigenvalue weighted by molar-refractivity contribution is 0.103. The molecular formula is C21H18N2O4S. The van der Waals surface area contributed by atoms with E-state index in [4.69, 9.17) is 4.74 Å². The van der Waals surface area contributed by atoms with Crippen molar-refractivity contribution in [2.24, 2.45) is 0 Å². The number of anilines is 2. The number of fused-ring (bicyclic) bond motifs is 1. The van der Waals surface area contributed by atoms with E-state index in [0.29, 0.717) is 39.9 Å². The predicted octanol–water partition coefficient (Wildman–Crippen LogP) is 3.92. The molecule has 0 atom stereocenters. The van der Waals surface area contributed by atoms with Crippen LogP contribution in [0.25, 0.3) is 10.8 Å². The Morgan fingerprint density at radius 1 is 1.07 bits per heavy atom. The van der Waals surface area contributed by atoms with Gasteiger partial charge >= 0.3 is 0 Å². The third kappa shape index (κ3) is 2.46. The molecule has 0 fully saturated rings. The van der Waals surface area contributed by atoms with Crippen LogP contribution in [0.5, 0.6) is 5.75 Å². The number of hydrogen-bond acceptors (Lipinski definition) is 4. The average molecular weight is 394 g/mol. The smallest absolute Gasteiger partial charge is 0.262 e. The van der Waals surface area contributed by atoms with Gasteiger partial charge < -0.3 is 10.1 Å². The molecule has 6 nitrogen and oxygen atoms in total. The Kier molecular flexibility index (Phi) is 3.34. The van der Waals surface area contributed by atoms with Gasteiger partial charge in [-0.1, -0.05) is 24.3 Å². The molecule has 7 heteroatoms. The van der Waals surface area contributed by atoms with Gasteiger partial charge in [-0.15, -0.1) is 0 Å². The van der Waals surface area contributed by atoms with E-state index in [0.717, 1.165) is 5.56 Å². The molecule has 5 rings (SSSR count). The third-order valence-corrected chi connectivity index (χ3v) is 6.54. The summed E-state index contributed by atoms with van der Waals surface area (Å²) in [7, 11) is -3.89. The fourth-order valence-electron chi connectivity index (χ4n) is 3.99. The minimum Gasteiger partial charge on any atom is -0.485 e. The zero-order chi connectivity index (χ0) is 19.7. The highest BCUT2D eigenvalue weighted by Crippen LogP contribution is 2.42. The van der Waals surface area contributed by atoms with Gasteiger partial charge in [0.05, 0.1) is 10.6 Å². The normalized spacial score (nSPS) is 16.6. The van der Waals surface area contributed by atoms with Crippen molar-refractivity contribution in [1.82, 2.24) is 0 Å². The van der Waals surface area contributed by atoms with E-state index in [-0.39, 0.29) is 16.4 Å². The van der Waals surface area contributed by atoms with Crippen LogP contribution >= 0.6 is 0 Å². The van der Waals surface area contributed by atoms with Crippen LogP contribution in [0.2, 0.25) is 0 Å². The lowest BCUT2D eigenvalue weighted by Crippen LogP contribution is -2.25. The predicted molar refractivity (Wildman–Crippen MR) is 108 cm³/mol. The number of sulfonamides is 1. The van der Waals surface area contributed by atoms with Crippen molar-refractivity contribution >= 4 is 38.1 Å². The van der Waals surface area contributed by atoms with Crippen molar-refractivity contribution in [2.75, 3.05) is 10.0 Å². The van der Waals surface area contributed by atoms with Crippen molar-refractivity contribution in [1.29, 1.82) is 0 Å². The van der Waals surface area contributed by atoms with Gasteiger partial charge in [0.2, 0.25) is 0 Å². The topological polar surface area (TPSA) is 84.5 Å². The van der Waals surface area contributed by atoms with E-state index >= 15 is 0 Å². The van der Waals surface area contributed by atoms with Crippen molar-refractivity contribution in [3.63, 3.8) is 0 Å². The minimum atomic E-state index is -3.89. The summed E-state index contributed by atoms with van der Waals surface area (Å²) in [5.74, 6) is 0.346. The van der Waals surface area contributed by atoms with Gasteiger partial charge in [-0.25, -0.2) is 8.42 Å². The van der Waals surface area contributed by atoms with Gasteiger partial charge in [0, 0.05) is 34.0 Å². The fraction of sp³-hybridized carbons (Fsp3) is 0.190. The number of carbonyl (C=O) groups is 1. The Labute approximate surface area is 162 Å². The number of amides is 1. The van der Waals surface area contributed by atoms with E-state index < -0.39 is 10.0 Å². The van der Waals surface area contributed by atoms with E-state index in [9.17, 15) is 13.2 Å². The Balaban J connectivity index is 1.62. The standard InChI is InChI=1S/C21H18N2O4S/c1-21(2)11-12-5-3-8-16(19(12)27-21)23-28(25,26)17-10-9-15-18-13(17)6-4-7-14(18)20(24)22-15/h3-10,23H,11H2,1-2H3,(H,22,24). The summed E-state index contributed by atoms with van der Waals surface area (Å²) in [6.07, 6.45) is 0.715. The van der Waals surface area contributed by atoms with Crippen LogP contribution in [0.1, 0.15) is 29.8 Å². The molecule has 0 bridgehead atoms. The Bertz CT molecular complexity index is 1280. The largest absolute Gasteiger partial charge is 0.485 e. The molecule has 1 amide bonds. The first-order valence-corrected chi connectivity index (χ1v) is 10.4. The van der Waals surface area contributed by atoms with Crippen molar-refractivity contribution in [3.8, 4) is 5.75 Å². The second-order valence-corrected chi connectivity index (χ2v) is 9.38. The van der Waals surface area contributed by atoms with Crippen LogP contribution in [0.3, 0.4) is 0 Å². The van der Waals surface area contributed by atoms with Gasteiger partial charge in [0.25, 0.3) is 15.9 Å². The second kappa shape index (κ2) is 5.48. The first-order chi connectivity index (χ1) is 13.3. The maximum Gasteiger partial charge on any atom is 0.262 e. The number of ether oxygens (including phenoxy) is 1. The van der Waals surface area contributed by atoms with Crippen LogP contribution in [0.4, 0.5) is 11.4 Å². The number of hydrogen-bond donors (Lipinski definition) is 2. The number of nitrogens with one attached hydrogen (secondary N) is 2. The van der Waals surface area contributed by atoms with Crippen LogP contribution in [-0.4, -0.2) is 19.9 Å². The molecule has 3 aromatic rings. The van der Waals surface area contributed by atoms with Crippen molar-refractivity contribution < 1.29 is 17.9 Å². The molecule has 0 saturated carbocycles. The van der Waals surface area contributed by atoms with Gasteiger partial charge in [-0.2, -0.15) is 0 Å². The summed E-state index contributed by atoms with van der Waals surface area (Å²) >= 11 is 0. The van der Waals surface area contributed by atoms with Gasteiger partial charge in [-0.3, -0.25) is 9.52 Å². The third-order valence-electron chi connectivity index (χ3n) is 5.12. The molecular weight excluding hydrogens is 376 g/mol. The monoisotopic (exact) mass is 394 g/mol. The van der Waals surface area contributed by atoms with E-state index in [1.165, 1.54) is 6.07 Å². The van der Waals surface area contributed by atoms with Crippen LogP contribution in [0, 0.1) is 0 Å². The summed E-state index contributed by atoms with van der Waals surface area (Å²) in [4.78, 5) is 12.2. The van der Waals surface area contributed by atoms with Crippen LogP contribution < -0.4 is 14.8 Å². The van der Waals surface area contributed by atoms with Gasteiger partial charge in [-0.05, 0) is 38.1 Å². The number of carbonyl (C=O) groups excluding carboxylic acids is 1. The van der Waals surface area contributed by atoms with Crippen molar-refractivity contribution in [2.45, 2.75) is 30.8 Å². The number of benzene rings is 3. The lowest BCUT2D eigenvalue weighted by Gasteiger charge is -2.19. The molecule has 142 valence electrons. The van der Waals surface area contributed by atoms with E-state index in [1.807, 2.05) is 26.0 Å². The summed E-state index contributed by atoms with van der Waals surface area (Å²) in [6, 6.07) is 13.7. The molecule has 0 aliphatic carbocycles. The quantitative estimate of drug-likeness (QED) is 0.705. The molecule has 2 N–H and O–H groups in total. The molecule has 0 unspecified atom stereocenters. The number of para-hydroxylation sites is 1. The maximum absolute atomic E-state index is 13.2. The molecule has 28 heavy (non-hydrogen) atoms. The molecule has 0 saturated heterocycles. The van der Waals surface area contributed by atoms with E-state index in [2.05, 4.69) is 10.0 Å². The summed E-state index contributed by atoms with van der Waals surface area (Å²) < 4.78 is 35.1. The summed E-state index contributed by atoms with van der Waals surface area (Å²) in [5.41, 5.74) is 2.12. The zero-order valence-corrected chi connectivity index (χ0v) is 16.2. The SMILES string of the molecule is CC1(C)Cc2cccc(NS(=O)(=O)c3ccc4c5c(cccc35)C(=O)N4)c2O1. The molecule has 0 aromatic heterocycles.